The fraction of sp³-hybridized carbons (Fsp3) is 0.588. The lowest BCUT2D eigenvalue weighted by atomic mass is 9.88. The summed E-state index contributed by atoms with van der Waals surface area (Å²) in [6, 6.07) is 6.02. The van der Waals surface area contributed by atoms with E-state index >= 15 is 0 Å². The van der Waals surface area contributed by atoms with Gasteiger partial charge in [-0.05, 0) is 49.9 Å². The van der Waals surface area contributed by atoms with Gasteiger partial charge in [-0.25, -0.2) is 4.39 Å². The van der Waals surface area contributed by atoms with Crippen molar-refractivity contribution in [2.45, 2.75) is 45.4 Å². The van der Waals surface area contributed by atoms with Crippen molar-refractivity contribution in [2.75, 3.05) is 13.2 Å². The number of halogens is 1. The van der Waals surface area contributed by atoms with Crippen LogP contribution in [0.3, 0.4) is 0 Å². The zero-order chi connectivity index (χ0) is 15.1. The van der Waals surface area contributed by atoms with Gasteiger partial charge in [0.05, 0.1) is 6.61 Å². The fourth-order valence-corrected chi connectivity index (χ4v) is 2.75. The number of ether oxygens (including phenoxy) is 1. The molecule has 1 aromatic rings. The van der Waals surface area contributed by atoms with Crippen LogP contribution >= 0.6 is 0 Å². The lowest BCUT2D eigenvalue weighted by Crippen LogP contribution is -2.37. The highest BCUT2D eigenvalue weighted by Gasteiger charge is 2.35. The molecule has 0 spiro atoms. The van der Waals surface area contributed by atoms with Crippen molar-refractivity contribution >= 4 is 5.91 Å². The highest BCUT2D eigenvalue weighted by Crippen LogP contribution is 2.37. The second-order valence-electron chi connectivity index (χ2n) is 6.03. The standard InChI is InChI=1S/C17H24FNO2/c1-17(10-2-3-11-17)16(20)19-12-4-5-13-21-15-8-6-14(18)7-9-15/h6-9H,2-5,10-13H2,1H3,(H,19,20). The van der Waals surface area contributed by atoms with E-state index in [1.807, 2.05) is 0 Å². The Bertz CT molecular complexity index is 452. The summed E-state index contributed by atoms with van der Waals surface area (Å²) in [6.45, 7) is 3.34. The molecular weight excluding hydrogens is 269 g/mol. The minimum absolute atomic E-state index is 0.148. The SMILES string of the molecule is CC1(C(=O)NCCCCOc2ccc(F)cc2)CCCC1. The molecule has 1 fully saturated rings. The molecule has 116 valence electrons. The first kappa shape index (κ1) is 15.8. The predicted octanol–water partition coefficient (Wildman–Crippen LogP) is 3.68. The van der Waals surface area contributed by atoms with Crippen LogP contribution in [0.1, 0.15) is 45.4 Å². The van der Waals surface area contributed by atoms with Crippen LogP contribution in [0, 0.1) is 11.2 Å². The third kappa shape index (κ3) is 4.73. The van der Waals surface area contributed by atoms with Gasteiger partial charge in [0.25, 0.3) is 0 Å². The number of rotatable bonds is 7. The van der Waals surface area contributed by atoms with Crippen molar-refractivity contribution in [3.05, 3.63) is 30.1 Å². The molecule has 1 aromatic carbocycles. The highest BCUT2D eigenvalue weighted by molar-refractivity contribution is 5.82. The van der Waals surface area contributed by atoms with Crippen molar-refractivity contribution < 1.29 is 13.9 Å². The summed E-state index contributed by atoms with van der Waals surface area (Å²) >= 11 is 0. The van der Waals surface area contributed by atoms with Crippen LogP contribution in [-0.4, -0.2) is 19.1 Å². The molecule has 0 radical (unpaired) electrons. The smallest absolute Gasteiger partial charge is 0.225 e. The molecule has 0 unspecified atom stereocenters. The van der Waals surface area contributed by atoms with Crippen LogP contribution in [0.15, 0.2) is 24.3 Å². The van der Waals surface area contributed by atoms with Crippen LogP contribution in [-0.2, 0) is 4.79 Å². The molecule has 3 nitrogen and oxygen atoms in total. The van der Waals surface area contributed by atoms with Crippen molar-refractivity contribution in [3.63, 3.8) is 0 Å². The van der Waals surface area contributed by atoms with E-state index in [9.17, 15) is 9.18 Å². The topological polar surface area (TPSA) is 38.3 Å². The average Bonchev–Trinajstić information content (AvgIpc) is 2.92. The number of carbonyl (C=O) groups is 1. The zero-order valence-electron chi connectivity index (χ0n) is 12.7. The maximum absolute atomic E-state index is 12.7. The Labute approximate surface area is 125 Å². The van der Waals surface area contributed by atoms with Gasteiger partial charge in [-0.15, -0.1) is 0 Å². The van der Waals surface area contributed by atoms with Crippen LogP contribution in [0.25, 0.3) is 0 Å². The van der Waals surface area contributed by atoms with E-state index in [-0.39, 0.29) is 17.1 Å². The molecule has 1 aliphatic rings. The Morgan fingerprint density at radius 2 is 1.90 bits per heavy atom. The van der Waals surface area contributed by atoms with E-state index in [0.717, 1.165) is 38.5 Å². The molecule has 0 bridgehead atoms. The Balaban J connectivity index is 1.56. The molecule has 1 saturated carbocycles. The number of hydrogen-bond donors (Lipinski definition) is 1. The summed E-state index contributed by atoms with van der Waals surface area (Å²) in [6.07, 6.45) is 6.10. The van der Waals surface area contributed by atoms with E-state index in [0.29, 0.717) is 18.9 Å². The summed E-state index contributed by atoms with van der Waals surface area (Å²) in [4.78, 5) is 12.1. The van der Waals surface area contributed by atoms with Crippen molar-refractivity contribution in [2.24, 2.45) is 5.41 Å². The Kier molecular flexibility index (Phi) is 5.59. The Hall–Kier alpha value is -1.58. The van der Waals surface area contributed by atoms with E-state index < -0.39 is 0 Å². The molecule has 1 aliphatic carbocycles. The monoisotopic (exact) mass is 293 g/mol. The number of unbranched alkanes of at least 4 members (excludes halogenated alkanes) is 1. The van der Waals surface area contributed by atoms with Gasteiger partial charge in [0.15, 0.2) is 0 Å². The zero-order valence-corrected chi connectivity index (χ0v) is 12.7. The van der Waals surface area contributed by atoms with Gasteiger partial charge in [0.2, 0.25) is 5.91 Å². The first-order valence-electron chi connectivity index (χ1n) is 7.77. The van der Waals surface area contributed by atoms with Crippen LogP contribution in [0.4, 0.5) is 4.39 Å². The first-order valence-corrected chi connectivity index (χ1v) is 7.77. The quantitative estimate of drug-likeness (QED) is 0.779. The fourth-order valence-electron chi connectivity index (χ4n) is 2.75. The number of nitrogens with one attached hydrogen (secondary N) is 1. The van der Waals surface area contributed by atoms with E-state index in [1.54, 1.807) is 12.1 Å². The minimum atomic E-state index is -0.259. The van der Waals surface area contributed by atoms with Crippen LogP contribution in [0.5, 0.6) is 5.75 Å². The maximum atomic E-state index is 12.7. The molecule has 4 heteroatoms. The maximum Gasteiger partial charge on any atom is 0.225 e. The van der Waals surface area contributed by atoms with Gasteiger partial charge in [0.1, 0.15) is 11.6 Å². The molecule has 0 atom stereocenters. The number of amides is 1. The van der Waals surface area contributed by atoms with E-state index in [1.165, 1.54) is 12.1 Å². The van der Waals surface area contributed by atoms with E-state index in [2.05, 4.69) is 12.2 Å². The van der Waals surface area contributed by atoms with Crippen LogP contribution < -0.4 is 10.1 Å². The summed E-state index contributed by atoms with van der Waals surface area (Å²) in [5.74, 6) is 0.615. The van der Waals surface area contributed by atoms with Crippen molar-refractivity contribution in [3.8, 4) is 5.75 Å². The lowest BCUT2D eigenvalue weighted by Gasteiger charge is -2.22. The van der Waals surface area contributed by atoms with E-state index in [4.69, 9.17) is 4.74 Å². The van der Waals surface area contributed by atoms with Gasteiger partial charge < -0.3 is 10.1 Å². The summed E-state index contributed by atoms with van der Waals surface area (Å²) < 4.78 is 18.2. The molecule has 1 N–H and O–H groups in total. The number of hydrogen-bond acceptors (Lipinski definition) is 2. The third-order valence-electron chi connectivity index (χ3n) is 4.19. The van der Waals surface area contributed by atoms with Gasteiger partial charge in [-0.1, -0.05) is 19.8 Å². The first-order chi connectivity index (χ1) is 10.1. The third-order valence-corrected chi connectivity index (χ3v) is 4.19. The minimum Gasteiger partial charge on any atom is -0.494 e. The van der Waals surface area contributed by atoms with Gasteiger partial charge in [-0.3, -0.25) is 4.79 Å². The average molecular weight is 293 g/mol. The van der Waals surface area contributed by atoms with Gasteiger partial charge in [-0.2, -0.15) is 0 Å². The molecule has 1 amide bonds. The predicted molar refractivity (Wildman–Crippen MR) is 80.7 cm³/mol. The molecule has 2 rings (SSSR count). The molecule has 0 aliphatic heterocycles. The highest BCUT2D eigenvalue weighted by atomic mass is 19.1. The summed E-state index contributed by atoms with van der Waals surface area (Å²) in [7, 11) is 0. The van der Waals surface area contributed by atoms with Gasteiger partial charge in [0, 0.05) is 12.0 Å². The van der Waals surface area contributed by atoms with Gasteiger partial charge >= 0.3 is 0 Å². The number of carbonyl (C=O) groups excluding carboxylic acids is 1. The Morgan fingerprint density at radius 3 is 2.57 bits per heavy atom. The number of benzene rings is 1. The van der Waals surface area contributed by atoms with Crippen molar-refractivity contribution in [1.29, 1.82) is 0 Å². The lowest BCUT2D eigenvalue weighted by molar-refractivity contribution is -0.129. The molecule has 0 saturated heterocycles. The largest absolute Gasteiger partial charge is 0.494 e. The van der Waals surface area contributed by atoms with Crippen LogP contribution in [0.2, 0.25) is 0 Å². The molecule has 0 heterocycles. The molecule has 21 heavy (non-hydrogen) atoms. The second-order valence-corrected chi connectivity index (χ2v) is 6.03. The normalized spacial score (nSPS) is 16.7. The van der Waals surface area contributed by atoms with Crippen molar-refractivity contribution in [1.82, 2.24) is 5.32 Å². The molecular formula is C17H24FNO2. The second kappa shape index (κ2) is 7.43. The summed E-state index contributed by atoms with van der Waals surface area (Å²) in [5, 5.41) is 3.03. The Morgan fingerprint density at radius 1 is 1.24 bits per heavy atom. The summed E-state index contributed by atoms with van der Waals surface area (Å²) in [5.41, 5.74) is -0.148. The molecule has 0 aromatic heterocycles.